The van der Waals surface area contributed by atoms with E-state index in [1.807, 2.05) is 31.2 Å². The number of hydrogen-bond acceptors (Lipinski definition) is 5. The summed E-state index contributed by atoms with van der Waals surface area (Å²) in [6.45, 7) is 5.31. The summed E-state index contributed by atoms with van der Waals surface area (Å²) in [5.74, 6) is -0.0313. The van der Waals surface area contributed by atoms with Gasteiger partial charge in [-0.2, -0.15) is 0 Å². The number of amides is 1. The molecule has 1 N–H and O–H groups in total. The van der Waals surface area contributed by atoms with Gasteiger partial charge < -0.3 is 10.2 Å². The third-order valence-electron chi connectivity index (χ3n) is 4.91. The minimum Gasteiger partial charge on any atom is -0.369 e. The van der Waals surface area contributed by atoms with Crippen LogP contribution in [0.15, 0.2) is 48.5 Å². The number of piperazine rings is 1. The molecule has 3 rings (SSSR count). The van der Waals surface area contributed by atoms with Gasteiger partial charge in [0.15, 0.2) is 0 Å². The summed E-state index contributed by atoms with van der Waals surface area (Å²) in [6, 6.07) is 13.9. The Balaban J connectivity index is 1.48. The van der Waals surface area contributed by atoms with Crippen molar-refractivity contribution < 1.29 is 9.72 Å². The quantitative estimate of drug-likeness (QED) is 0.592. The second-order valence-electron chi connectivity index (χ2n) is 6.85. The van der Waals surface area contributed by atoms with E-state index in [4.69, 9.17) is 11.6 Å². The van der Waals surface area contributed by atoms with Gasteiger partial charge in [-0.25, -0.2) is 0 Å². The number of halogens is 1. The second-order valence-corrected chi connectivity index (χ2v) is 7.25. The average molecular weight is 403 g/mol. The molecular weight excluding hydrogens is 380 g/mol. The Hall–Kier alpha value is -2.64. The molecule has 1 fully saturated rings. The zero-order valence-corrected chi connectivity index (χ0v) is 16.4. The maximum absolute atomic E-state index is 12.4. The summed E-state index contributed by atoms with van der Waals surface area (Å²) < 4.78 is 0. The van der Waals surface area contributed by atoms with Crippen molar-refractivity contribution in [3.63, 3.8) is 0 Å². The van der Waals surface area contributed by atoms with Crippen LogP contribution in [0, 0.1) is 10.1 Å². The first-order chi connectivity index (χ1) is 13.4. The SMILES string of the molecule is C[C@H](NC(=O)CN1CCN(c2ccc([N+](=O)[O-])cc2)CC1)c1ccccc1Cl. The van der Waals surface area contributed by atoms with E-state index in [-0.39, 0.29) is 17.6 Å². The molecule has 0 aromatic heterocycles. The molecule has 1 atom stereocenters. The zero-order chi connectivity index (χ0) is 20.1. The summed E-state index contributed by atoms with van der Waals surface area (Å²) in [5.41, 5.74) is 1.95. The fourth-order valence-corrected chi connectivity index (χ4v) is 3.64. The smallest absolute Gasteiger partial charge is 0.269 e. The Bertz CT molecular complexity index is 836. The molecule has 28 heavy (non-hydrogen) atoms. The monoisotopic (exact) mass is 402 g/mol. The van der Waals surface area contributed by atoms with E-state index in [0.29, 0.717) is 11.6 Å². The third-order valence-corrected chi connectivity index (χ3v) is 5.26. The van der Waals surface area contributed by atoms with Gasteiger partial charge in [-0.1, -0.05) is 29.8 Å². The number of non-ortho nitro benzene ring substituents is 1. The lowest BCUT2D eigenvalue weighted by atomic mass is 10.1. The Labute approximate surface area is 169 Å². The minimum absolute atomic E-state index is 0.0313. The van der Waals surface area contributed by atoms with E-state index >= 15 is 0 Å². The van der Waals surface area contributed by atoms with Gasteiger partial charge in [0.05, 0.1) is 17.5 Å². The predicted octanol–water partition coefficient (Wildman–Crippen LogP) is 3.25. The van der Waals surface area contributed by atoms with E-state index in [0.717, 1.165) is 37.4 Å². The van der Waals surface area contributed by atoms with E-state index < -0.39 is 4.92 Å². The van der Waals surface area contributed by atoms with Gasteiger partial charge in [0.1, 0.15) is 0 Å². The number of rotatable bonds is 6. The van der Waals surface area contributed by atoms with Crippen molar-refractivity contribution in [1.29, 1.82) is 0 Å². The highest BCUT2D eigenvalue weighted by Gasteiger charge is 2.21. The third kappa shape index (κ3) is 4.99. The lowest BCUT2D eigenvalue weighted by Gasteiger charge is -2.35. The summed E-state index contributed by atoms with van der Waals surface area (Å²) in [6.07, 6.45) is 0. The fourth-order valence-electron chi connectivity index (χ4n) is 3.34. The molecule has 8 heteroatoms. The van der Waals surface area contributed by atoms with Crippen molar-refractivity contribution in [2.75, 3.05) is 37.6 Å². The lowest BCUT2D eigenvalue weighted by molar-refractivity contribution is -0.384. The van der Waals surface area contributed by atoms with Gasteiger partial charge in [-0.05, 0) is 30.7 Å². The van der Waals surface area contributed by atoms with Gasteiger partial charge in [0, 0.05) is 49.0 Å². The molecule has 0 spiro atoms. The van der Waals surface area contributed by atoms with Gasteiger partial charge in [0.2, 0.25) is 5.91 Å². The van der Waals surface area contributed by atoms with Crippen molar-refractivity contribution >= 4 is 28.9 Å². The highest BCUT2D eigenvalue weighted by Crippen LogP contribution is 2.22. The number of nitrogens with zero attached hydrogens (tertiary/aromatic N) is 3. The highest BCUT2D eigenvalue weighted by atomic mass is 35.5. The number of benzene rings is 2. The van der Waals surface area contributed by atoms with Crippen LogP contribution in [0.1, 0.15) is 18.5 Å². The molecule has 1 amide bonds. The maximum atomic E-state index is 12.4. The molecule has 0 aliphatic carbocycles. The molecule has 1 aliphatic heterocycles. The van der Waals surface area contributed by atoms with Crippen molar-refractivity contribution in [3.05, 3.63) is 69.2 Å². The van der Waals surface area contributed by atoms with E-state index in [2.05, 4.69) is 15.1 Å². The Kier molecular flexibility index (Phi) is 6.49. The first-order valence-corrected chi connectivity index (χ1v) is 9.57. The summed E-state index contributed by atoms with van der Waals surface area (Å²) in [7, 11) is 0. The predicted molar refractivity (Wildman–Crippen MR) is 110 cm³/mol. The summed E-state index contributed by atoms with van der Waals surface area (Å²) >= 11 is 6.19. The Morgan fingerprint density at radius 1 is 1.14 bits per heavy atom. The lowest BCUT2D eigenvalue weighted by Crippen LogP contribution is -2.49. The molecular formula is C20H23ClN4O3. The average Bonchev–Trinajstić information content (AvgIpc) is 2.69. The van der Waals surface area contributed by atoms with Crippen molar-refractivity contribution in [1.82, 2.24) is 10.2 Å². The molecule has 0 unspecified atom stereocenters. The maximum Gasteiger partial charge on any atom is 0.269 e. The molecule has 2 aromatic carbocycles. The number of nitrogens with one attached hydrogen (secondary N) is 1. The first kappa shape index (κ1) is 20.1. The van der Waals surface area contributed by atoms with Gasteiger partial charge in [0.25, 0.3) is 5.69 Å². The van der Waals surface area contributed by atoms with Crippen LogP contribution in [-0.2, 0) is 4.79 Å². The van der Waals surface area contributed by atoms with E-state index in [1.165, 1.54) is 12.1 Å². The van der Waals surface area contributed by atoms with Crippen LogP contribution in [0.4, 0.5) is 11.4 Å². The standard InChI is InChI=1S/C20H23ClN4O3/c1-15(18-4-2-3-5-19(18)21)22-20(26)14-23-10-12-24(13-11-23)16-6-8-17(9-7-16)25(27)28/h2-9,15H,10-14H2,1H3,(H,22,26)/t15-/m0/s1. The summed E-state index contributed by atoms with van der Waals surface area (Å²) in [4.78, 5) is 27.0. The van der Waals surface area contributed by atoms with E-state index in [9.17, 15) is 14.9 Å². The largest absolute Gasteiger partial charge is 0.369 e. The van der Waals surface area contributed by atoms with Crippen molar-refractivity contribution in [3.8, 4) is 0 Å². The summed E-state index contributed by atoms with van der Waals surface area (Å²) in [5, 5.41) is 14.4. The highest BCUT2D eigenvalue weighted by molar-refractivity contribution is 6.31. The van der Waals surface area contributed by atoms with Crippen LogP contribution in [0.5, 0.6) is 0 Å². The van der Waals surface area contributed by atoms with E-state index in [1.54, 1.807) is 12.1 Å². The first-order valence-electron chi connectivity index (χ1n) is 9.19. The molecule has 1 aliphatic rings. The molecule has 7 nitrogen and oxygen atoms in total. The molecule has 0 bridgehead atoms. The van der Waals surface area contributed by atoms with Crippen molar-refractivity contribution in [2.24, 2.45) is 0 Å². The van der Waals surface area contributed by atoms with Crippen LogP contribution in [0.2, 0.25) is 5.02 Å². The molecule has 1 heterocycles. The zero-order valence-electron chi connectivity index (χ0n) is 15.7. The Morgan fingerprint density at radius 2 is 1.79 bits per heavy atom. The number of carbonyl (C=O) groups excluding carboxylic acids is 1. The molecule has 148 valence electrons. The number of nitro benzene ring substituents is 1. The molecule has 2 aromatic rings. The van der Waals surface area contributed by atoms with Crippen molar-refractivity contribution in [2.45, 2.75) is 13.0 Å². The topological polar surface area (TPSA) is 78.7 Å². The van der Waals surface area contributed by atoms with Gasteiger partial charge in [-0.3, -0.25) is 19.8 Å². The number of nitro groups is 1. The molecule has 0 radical (unpaired) electrons. The van der Waals surface area contributed by atoms with Crippen LogP contribution in [0.25, 0.3) is 0 Å². The van der Waals surface area contributed by atoms with Gasteiger partial charge >= 0.3 is 0 Å². The second kappa shape index (κ2) is 9.03. The number of anilines is 1. The van der Waals surface area contributed by atoms with Crippen LogP contribution in [0.3, 0.4) is 0 Å². The Morgan fingerprint density at radius 3 is 2.39 bits per heavy atom. The minimum atomic E-state index is -0.399. The molecule has 0 saturated carbocycles. The van der Waals surface area contributed by atoms with Crippen LogP contribution >= 0.6 is 11.6 Å². The fraction of sp³-hybridized carbons (Fsp3) is 0.350. The number of hydrogen-bond donors (Lipinski definition) is 1. The van der Waals surface area contributed by atoms with Crippen LogP contribution in [-0.4, -0.2) is 48.5 Å². The molecule has 1 saturated heterocycles. The van der Waals surface area contributed by atoms with Crippen LogP contribution < -0.4 is 10.2 Å². The van der Waals surface area contributed by atoms with Gasteiger partial charge in [-0.15, -0.1) is 0 Å². The number of carbonyl (C=O) groups is 1. The normalized spacial score (nSPS) is 15.9.